The summed E-state index contributed by atoms with van der Waals surface area (Å²) in [4.78, 5) is 0. The van der Waals surface area contributed by atoms with Crippen LogP contribution in [0.2, 0.25) is 0 Å². The van der Waals surface area contributed by atoms with Crippen LogP contribution in [0.1, 0.15) is 0 Å². The zero-order valence-corrected chi connectivity index (χ0v) is 15.5. The number of hydrogen-bond donors (Lipinski definition) is 0. The molecule has 0 N–H and O–H groups in total. The highest BCUT2D eigenvalue weighted by molar-refractivity contribution is 7.99. The van der Waals surface area contributed by atoms with Crippen molar-refractivity contribution < 1.29 is 9.47 Å². The van der Waals surface area contributed by atoms with Gasteiger partial charge in [0.1, 0.15) is 11.5 Å². The van der Waals surface area contributed by atoms with Gasteiger partial charge in [0.2, 0.25) is 0 Å². The lowest BCUT2D eigenvalue weighted by Gasteiger charge is -2.09. The van der Waals surface area contributed by atoms with E-state index < -0.39 is 0 Å². The molecule has 0 atom stereocenters. The highest BCUT2D eigenvalue weighted by Gasteiger charge is 2.14. The Morgan fingerprint density at radius 3 is 2.65 bits per heavy atom. The van der Waals surface area contributed by atoms with Gasteiger partial charge in [-0.2, -0.15) is 0 Å². The van der Waals surface area contributed by atoms with E-state index in [9.17, 15) is 0 Å². The number of para-hydroxylation sites is 1. The van der Waals surface area contributed by atoms with Crippen LogP contribution < -0.4 is 9.47 Å². The van der Waals surface area contributed by atoms with Crippen molar-refractivity contribution in [1.29, 1.82) is 0 Å². The summed E-state index contributed by atoms with van der Waals surface area (Å²) in [5.74, 6) is 3.25. The molecule has 0 aliphatic carbocycles. The van der Waals surface area contributed by atoms with Gasteiger partial charge in [0, 0.05) is 17.9 Å². The molecule has 3 aromatic rings. The third kappa shape index (κ3) is 4.46. The molecule has 0 saturated carbocycles. The second-order valence-corrected chi connectivity index (χ2v) is 6.51. The third-order valence-electron chi connectivity index (χ3n) is 3.68. The van der Waals surface area contributed by atoms with E-state index in [0.29, 0.717) is 13.2 Å². The first kappa shape index (κ1) is 18.1. The van der Waals surface area contributed by atoms with Crippen molar-refractivity contribution in [3.8, 4) is 22.9 Å². The van der Waals surface area contributed by atoms with Gasteiger partial charge < -0.3 is 9.47 Å². The maximum absolute atomic E-state index is 5.73. The SMILES string of the molecule is C=CCn1c(SCCOc2ccccc2)nnc1-c1cccc(OC)c1. The number of thioether (sulfide) groups is 1. The average molecular weight is 367 g/mol. The Morgan fingerprint density at radius 2 is 1.88 bits per heavy atom. The lowest BCUT2D eigenvalue weighted by Crippen LogP contribution is -2.04. The summed E-state index contributed by atoms with van der Waals surface area (Å²) in [6, 6.07) is 17.6. The zero-order chi connectivity index (χ0) is 18.2. The van der Waals surface area contributed by atoms with Crippen LogP contribution in [0, 0.1) is 0 Å². The van der Waals surface area contributed by atoms with E-state index in [4.69, 9.17) is 9.47 Å². The molecule has 0 unspecified atom stereocenters. The predicted molar refractivity (Wildman–Crippen MR) is 105 cm³/mol. The Bertz CT molecular complexity index is 849. The molecular formula is C20H21N3O2S. The number of aromatic nitrogens is 3. The first-order valence-corrected chi connectivity index (χ1v) is 9.29. The second kappa shape index (κ2) is 9.10. The molecule has 0 aliphatic rings. The van der Waals surface area contributed by atoms with E-state index >= 15 is 0 Å². The fourth-order valence-electron chi connectivity index (χ4n) is 2.47. The van der Waals surface area contributed by atoms with Gasteiger partial charge in [-0.3, -0.25) is 4.57 Å². The number of benzene rings is 2. The quantitative estimate of drug-likeness (QED) is 0.320. The molecule has 0 radical (unpaired) electrons. The summed E-state index contributed by atoms with van der Waals surface area (Å²) in [5, 5.41) is 9.55. The van der Waals surface area contributed by atoms with Crippen LogP contribution in [0.25, 0.3) is 11.4 Å². The summed E-state index contributed by atoms with van der Waals surface area (Å²) in [6.45, 7) is 5.09. The number of rotatable bonds is 9. The highest BCUT2D eigenvalue weighted by atomic mass is 32.2. The highest BCUT2D eigenvalue weighted by Crippen LogP contribution is 2.26. The number of ether oxygens (including phenoxy) is 2. The molecule has 3 rings (SSSR count). The Kier molecular flexibility index (Phi) is 6.33. The van der Waals surface area contributed by atoms with Crippen molar-refractivity contribution in [3.63, 3.8) is 0 Å². The van der Waals surface area contributed by atoms with Gasteiger partial charge in [0.25, 0.3) is 0 Å². The van der Waals surface area contributed by atoms with E-state index in [1.165, 1.54) is 0 Å². The minimum absolute atomic E-state index is 0.601. The van der Waals surface area contributed by atoms with Crippen molar-refractivity contribution in [3.05, 3.63) is 67.3 Å². The first-order chi connectivity index (χ1) is 12.8. The van der Waals surface area contributed by atoms with Crippen LogP contribution in [0.3, 0.4) is 0 Å². The van der Waals surface area contributed by atoms with Crippen LogP contribution in [0.5, 0.6) is 11.5 Å². The van der Waals surface area contributed by atoms with Crippen LogP contribution in [0.15, 0.2) is 72.4 Å². The minimum Gasteiger partial charge on any atom is -0.497 e. The molecule has 0 fully saturated rings. The Labute approximate surface area is 157 Å². The van der Waals surface area contributed by atoms with Gasteiger partial charge in [-0.25, -0.2) is 0 Å². The first-order valence-electron chi connectivity index (χ1n) is 8.31. The van der Waals surface area contributed by atoms with Gasteiger partial charge in [0.05, 0.1) is 13.7 Å². The molecule has 0 aliphatic heterocycles. The van der Waals surface area contributed by atoms with Crippen molar-refractivity contribution in [2.24, 2.45) is 0 Å². The summed E-state index contributed by atoms with van der Waals surface area (Å²) in [6.07, 6.45) is 1.84. The number of nitrogens with zero attached hydrogens (tertiary/aromatic N) is 3. The molecule has 1 aromatic heterocycles. The monoisotopic (exact) mass is 367 g/mol. The number of hydrogen-bond acceptors (Lipinski definition) is 5. The van der Waals surface area contributed by atoms with Crippen LogP contribution >= 0.6 is 11.8 Å². The van der Waals surface area contributed by atoms with Crippen LogP contribution in [-0.4, -0.2) is 34.2 Å². The Hall–Kier alpha value is -2.73. The smallest absolute Gasteiger partial charge is 0.191 e. The average Bonchev–Trinajstić information content (AvgIpc) is 3.09. The number of methoxy groups -OCH3 is 1. The molecule has 0 amide bonds. The van der Waals surface area contributed by atoms with E-state index in [2.05, 4.69) is 21.3 Å². The van der Waals surface area contributed by atoms with E-state index in [-0.39, 0.29) is 0 Å². The lowest BCUT2D eigenvalue weighted by atomic mass is 10.2. The summed E-state index contributed by atoms with van der Waals surface area (Å²) in [5.41, 5.74) is 0.964. The molecule has 5 nitrogen and oxygen atoms in total. The fourth-order valence-corrected chi connectivity index (χ4v) is 3.24. The van der Waals surface area contributed by atoms with Gasteiger partial charge >= 0.3 is 0 Å². The molecule has 1 heterocycles. The summed E-state index contributed by atoms with van der Waals surface area (Å²) >= 11 is 1.62. The van der Waals surface area contributed by atoms with Gasteiger partial charge in [-0.15, -0.1) is 16.8 Å². The Balaban J connectivity index is 1.69. The normalized spacial score (nSPS) is 10.5. The third-order valence-corrected chi connectivity index (χ3v) is 4.61. The molecule has 134 valence electrons. The Morgan fingerprint density at radius 1 is 1.08 bits per heavy atom. The topological polar surface area (TPSA) is 49.2 Å². The fraction of sp³-hybridized carbons (Fsp3) is 0.200. The lowest BCUT2D eigenvalue weighted by molar-refractivity contribution is 0.344. The molecule has 0 saturated heterocycles. The van der Waals surface area contributed by atoms with E-state index in [1.807, 2.05) is 60.7 Å². The van der Waals surface area contributed by atoms with E-state index in [0.717, 1.165) is 33.8 Å². The summed E-state index contributed by atoms with van der Waals surface area (Å²) in [7, 11) is 1.65. The molecule has 6 heteroatoms. The maximum atomic E-state index is 5.73. The van der Waals surface area contributed by atoms with Crippen LogP contribution in [0.4, 0.5) is 0 Å². The molecular weight excluding hydrogens is 346 g/mol. The van der Waals surface area contributed by atoms with Gasteiger partial charge in [-0.05, 0) is 24.3 Å². The second-order valence-electron chi connectivity index (χ2n) is 5.45. The molecule has 0 spiro atoms. The van der Waals surface area contributed by atoms with Crippen LogP contribution in [-0.2, 0) is 6.54 Å². The largest absolute Gasteiger partial charge is 0.497 e. The minimum atomic E-state index is 0.601. The van der Waals surface area contributed by atoms with E-state index in [1.54, 1.807) is 18.9 Å². The standard InChI is InChI=1S/C20H21N3O2S/c1-3-12-23-19(16-8-7-11-18(15-16)24-2)21-22-20(23)26-14-13-25-17-9-5-4-6-10-17/h3-11,15H,1,12-14H2,2H3. The molecule has 26 heavy (non-hydrogen) atoms. The van der Waals surface area contributed by atoms with Crippen molar-refractivity contribution in [1.82, 2.24) is 14.8 Å². The van der Waals surface area contributed by atoms with Crippen molar-refractivity contribution in [2.45, 2.75) is 11.7 Å². The van der Waals surface area contributed by atoms with Crippen molar-refractivity contribution in [2.75, 3.05) is 19.5 Å². The van der Waals surface area contributed by atoms with Crippen molar-refractivity contribution >= 4 is 11.8 Å². The summed E-state index contributed by atoms with van der Waals surface area (Å²) < 4.78 is 13.1. The molecule has 2 aromatic carbocycles. The predicted octanol–water partition coefficient (Wildman–Crippen LogP) is 4.31. The van der Waals surface area contributed by atoms with Gasteiger partial charge in [0.15, 0.2) is 11.0 Å². The molecule has 0 bridgehead atoms. The number of allylic oxidation sites excluding steroid dienone is 1. The van der Waals surface area contributed by atoms with Gasteiger partial charge in [-0.1, -0.05) is 48.2 Å². The maximum Gasteiger partial charge on any atom is 0.191 e. The zero-order valence-electron chi connectivity index (χ0n) is 14.7.